The van der Waals surface area contributed by atoms with E-state index in [2.05, 4.69) is 0 Å². The molecule has 1 rings (SSSR count). The highest BCUT2D eigenvalue weighted by Gasteiger charge is 2.31. The molecule has 1 aromatic heterocycles. The second-order valence-corrected chi connectivity index (χ2v) is 2.06. The van der Waals surface area contributed by atoms with Gasteiger partial charge in [-0.25, -0.2) is 4.39 Å². The number of aromatic amines is 1. The molecule has 74 valence electrons. The number of pyridine rings is 1. The predicted molar refractivity (Wildman–Crippen MR) is 38.8 cm³/mol. The Kier molecular flexibility index (Phi) is 3.22. The van der Waals surface area contributed by atoms with E-state index in [0.717, 1.165) is 0 Å². The summed E-state index contributed by atoms with van der Waals surface area (Å²) < 4.78 is 47.7. The zero-order valence-corrected chi connectivity index (χ0v) is 5.57. The molecule has 1 N–H and O–H groups in total. The van der Waals surface area contributed by atoms with Crippen LogP contribution in [-0.2, 0) is 6.18 Å². The number of nitrogens with one attached hydrogen (secondary N) is 1. The van der Waals surface area contributed by atoms with Crippen LogP contribution in [-0.4, -0.2) is 4.98 Å². The summed E-state index contributed by atoms with van der Waals surface area (Å²) in [4.78, 5) is 11.9. The van der Waals surface area contributed by atoms with E-state index in [1.54, 1.807) is 4.98 Å². The predicted octanol–water partition coefficient (Wildman–Crippen LogP) is 2.17. The third kappa shape index (κ3) is 2.57. The van der Waals surface area contributed by atoms with Gasteiger partial charge in [0.1, 0.15) is 0 Å². The molecule has 0 saturated heterocycles. The van der Waals surface area contributed by atoms with E-state index in [4.69, 9.17) is 0 Å². The topological polar surface area (TPSA) is 32.9 Å². The quantitative estimate of drug-likeness (QED) is 0.635. The molecule has 0 unspecified atom stereocenters. The molecule has 0 fully saturated rings. The first-order chi connectivity index (χ1) is 5.41. The summed E-state index contributed by atoms with van der Waals surface area (Å²) in [5.74, 6) is -1.44. The van der Waals surface area contributed by atoms with Gasteiger partial charge in [0.15, 0.2) is 5.82 Å². The van der Waals surface area contributed by atoms with Gasteiger partial charge in [0.25, 0.3) is 5.56 Å². The Morgan fingerprint density at radius 1 is 1.31 bits per heavy atom. The monoisotopic (exact) mass is 197 g/mol. The maximum absolute atomic E-state index is 12.3. The van der Waals surface area contributed by atoms with Crippen LogP contribution in [0.15, 0.2) is 17.1 Å². The van der Waals surface area contributed by atoms with Crippen LogP contribution < -0.4 is 5.56 Å². The molecule has 0 aromatic carbocycles. The van der Waals surface area contributed by atoms with Crippen LogP contribution >= 0.6 is 0 Å². The fourth-order valence-electron chi connectivity index (χ4n) is 0.620. The van der Waals surface area contributed by atoms with Crippen molar-refractivity contribution in [1.82, 2.24) is 4.98 Å². The second-order valence-electron chi connectivity index (χ2n) is 2.06. The Labute approximate surface area is 71.2 Å². The minimum atomic E-state index is -4.63. The molecule has 0 spiro atoms. The van der Waals surface area contributed by atoms with Gasteiger partial charge in [-0.05, 0) is 6.07 Å². The molecule has 0 atom stereocenters. The summed E-state index contributed by atoms with van der Waals surface area (Å²) >= 11 is 0. The minimum absolute atomic E-state index is 0. The van der Waals surface area contributed by atoms with E-state index in [1.807, 2.05) is 0 Å². The Balaban J connectivity index is 0.00000144. The summed E-state index contributed by atoms with van der Waals surface area (Å²) in [6.45, 7) is 0. The standard InChI is InChI=1S/C6H3F4NO.CH4/c7-4-1-3(6(8,9)10)2-11-5(4)12;/h1-2H,(H,11,12);1H4. The molecule has 0 aliphatic carbocycles. The Bertz CT molecular complexity index is 341. The molecule has 0 bridgehead atoms. The van der Waals surface area contributed by atoms with E-state index in [0.29, 0.717) is 6.20 Å². The lowest BCUT2D eigenvalue weighted by Crippen LogP contribution is -2.14. The SMILES string of the molecule is C.O=c1[nH]cc(C(F)(F)F)cc1F. The molecule has 0 saturated carbocycles. The average Bonchev–Trinajstić information content (AvgIpc) is 1.92. The van der Waals surface area contributed by atoms with Gasteiger partial charge in [0.05, 0.1) is 5.56 Å². The van der Waals surface area contributed by atoms with Gasteiger partial charge in [0, 0.05) is 6.20 Å². The third-order valence-electron chi connectivity index (χ3n) is 1.19. The van der Waals surface area contributed by atoms with Gasteiger partial charge in [0.2, 0.25) is 0 Å². The van der Waals surface area contributed by atoms with Crippen molar-refractivity contribution in [2.24, 2.45) is 0 Å². The molecular weight excluding hydrogens is 190 g/mol. The summed E-state index contributed by atoms with van der Waals surface area (Å²) in [5, 5.41) is 0. The number of aromatic nitrogens is 1. The fraction of sp³-hybridized carbons (Fsp3) is 0.286. The van der Waals surface area contributed by atoms with Gasteiger partial charge in [-0.2, -0.15) is 13.2 Å². The maximum Gasteiger partial charge on any atom is 0.417 e. The Morgan fingerprint density at radius 2 is 1.85 bits per heavy atom. The van der Waals surface area contributed by atoms with Crippen LogP contribution in [0.2, 0.25) is 0 Å². The van der Waals surface area contributed by atoms with E-state index in [1.165, 1.54) is 0 Å². The lowest BCUT2D eigenvalue weighted by atomic mass is 10.3. The van der Waals surface area contributed by atoms with E-state index < -0.39 is 23.1 Å². The Hall–Kier alpha value is -1.33. The highest BCUT2D eigenvalue weighted by atomic mass is 19.4. The first-order valence-corrected chi connectivity index (χ1v) is 2.86. The number of hydrogen-bond donors (Lipinski definition) is 1. The van der Waals surface area contributed by atoms with Crippen molar-refractivity contribution in [3.8, 4) is 0 Å². The highest BCUT2D eigenvalue weighted by molar-refractivity contribution is 5.13. The summed E-state index contributed by atoms with van der Waals surface area (Å²) in [6.07, 6.45) is -4.21. The number of halogens is 4. The number of H-pyrrole nitrogens is 1. The summed E-state index contributed by atoms with van der Waals surface area (Å²) in [7, 11) is 0. The molecule has 1 aromatic rings. The Morgan fingerprint density at radius 3 is 2.23 bits per heavy atom. The van der Waals surface area contributed by atoms with Crippen molar-refractivity contribution in [2.45, 2.75) is 13.6 Å². The fourth-order valence-corrected chi connectivity index (χ4v) is 0.620. The number of hydrogen-bond acceptors (Lipinski definition) is 1. The van der Waals surface area contributed by atoms with Crippen LogP contribution in [0.1, 0.15) is 13.0 Å². The second kappa shape index (κ2) is 3.59. The van der Waals surface area contributed by atoms with Crippen LogP contribution in [0.3, 0.4) is 0 Å². The third-order valence-corrected chi connectivity index (χ3v) is 1.19. The van der Waals surface area contributed by atoms with E-state index in [9.17, 15) is 22.4 Å². The van der Waals surface area contributed by atoms with Gasteiger partial charge in [-0.1, -0.05) is 7.43 Å². The van der Waals surface area contributed by atoms with Crippen molar-refractivity contribution in [3.63, 3.8) is 0 Å². The first-order valence-electron chi connectivity index (χ1n) is 2.86. The number of alkyl halides is 3. The van der Waals surface area contributed by atoms with Crippen LogP contribution in [0.5, 0.6) is 0 Å². The van der Waals surface area contributed by atoms with Crippen LogP contribution in [0, 0.1) is 5.82 Å². The average molecular weight is 197 g/mol. The molecule has 0 aliphatic rings. The molecule has 6 heteroatoms. The number of rotatable bonds is 0. The van der Waals surface area contributed by atoms with Gasteiger partial charge in [-0.15, -0.1) is 0 Å². The molecule has 13 heavy (non-hydrogen) atoms. The molecule has 1 heterocycles. The lowest BCUT2D eigenvalue weighted by molar-refractivity contribution is -0.138. The maximum atomic E-state index is 12.3. The zero-order valence-electron chi connectivity index (χ0n) is 5.57. The molecular formula is C7H7F4NO. The zero-order chi connectivity index (χ0) is 9.35. The summed E-state index contributed by atoms with van der Waals surface area (Å²) in [5.41, 5.74) is -2.37. The van der Waals surface area contributed by atoms with Crippen molar-refractivity contribution < 1.29 is 17.6 Å². The van der Waals surface area contributed by atoms with Gasteiger partial charge < -0.3 is 4.98 Å². The van der Waals surface area contributed by atoms with Crippen molar-refractivity contribution in [2.75, 3.05) is 0 Å². The summed E-state index contributed by atoms with van der Waals surface area (Å²) in [6, 6.07) is 0.152. The van der Waals surface area contributed by atoms with E-state index >= 15 is 0 Å². The van der Waals surface area contributed by atoms with Crippen molar-refractivity contribution in [3.05, 3.63) is 34.0 Å². The molecule has 0 radical (unpaired) electrons. The smallest absolute Gasteiger partial charge is 0.326 e. The van der Waals surface area contributed by atoms with Gasteiger partial charge in [-0.3, -0.25) is 4.79 Å². The molecule has 0 amide bonds. The van der Waals surface area contributed by atoms with Crippen LogP contribution in [0.25, 0.3) is 0 Å². The van der Waals surface area contributed by atoms with Crippen molar-refractivity contribution >= 4 is 0 Å². The normalized spacial score (nSPS) is 10.8. The minimum Gasteiger partial charge on any atom is -0.326 e. The highest BCUT2D eigenvalue weighted by Crippen LogP contribution is 2.27. The van der Waals surface area contributed by atoms with E-state index in [-0.39, 0.29) is 13.5 Å². The lowest BCUT2D eigenvalue weighted by Gasteiger charge is -2.04. The molecule has 2 nitrogen and oxygen atoms in total. The largest absolute Gasteiger partial charge is 0.417 e. The van der Waals surface area contributed by atoms with Gasteiger partial charge >= 0.3 is 6.18 Å². The van der Waals surface area contributed by atoms with Crippen molar-refractivity contribution in [1.29, 1.82) is 0 Å². The first kappa shape index (κ1) is 11.7. The van der Waals surface area contributed by atoms with Crippen LogP contribution in [0.4, 0.5) is 17.6 Å². The molecule has 0 aliphatic heterocycles.